The highest BCUT2D eigenvalue weighted by Crippen LogP contribution is 2.27. The van der Waals surface area contributed by atoms with Crippen molar-refractivity contribution in [3.63, 3.8) is 0 Å². The van der Waals surface area contributed by atoms with E-state index < -0.39 is 68.0 Å². The molecule has 2 saturated heterocycles. The average Bonchev–Trinajstić information content (AvgIpc) is 2.64. The first-order valence-electron chi connectivity index (χ1n) is 8.10. The fraction of sp³-hybridized carbons (Fsp3) is 1.00. The number of ether oxygens (including phenoxy) is 3. The van der Waals surface area contributed by atoms with Crippen LogP contribution in [0, 0.1) is 0 Å². The quantitative estimate of drug-likeness (QED) is 0.217. The second-order valence-corrected chi connectivity index (χ2v) is 6.25. The fourth-order valence-electron chi connectivity index (χ4n) is 3.04. The molecule has 0 amide bonds. The van der Waals surface area contributed by atoms with E-state index in [1.54, 1.807) is 0 Å². The minimum atomic E-state index is -1.61. The predicted molar refractivity (Wildman–Crippen MR) is 81.2 cm³/mol. The van der Waals surface area contributed by atoms with Crippen LogP contribution in [0.15, 0.2) is 0 Å². The van der Waals surface area contributed by atoms with Gasteiger partial charge in [0.25, 0.3) is 0 Å². The summed E-state index contributed by atoms with van der Waals surface area (Å²) in [5, 5.41) is 70.0. The third-order valence-corrected chi connectivity index (χ3v) is 4.65. The first-order valence-corrected chi connectivity index (χ1v) is 8.10. The molecule has 0 radical (unpaired) electrons. The van der Waals surface area contributed by atoms with Crippen LogP contribution in [-0.2, 0) is 19.0 Å². The Morgan fingerprint density at radius 2 is 1.35 bits per heavy atom. The lowest BCUT2D eigenvalue weighted by Gasteiger charge is -2.46. The van der Waals surface area contributed by atoms with Crippen molar-refractivity contribution in [2.45, 2.75) is 61.3 Å². The molecule has 26 heavy (non-hydrogen) atoms. The van der Waals surface area contributed by atoms with Crippen LogP contribution in [0.1, 0.15) is 0 Å². The SMILES string of the molecule is CO[C@H]1O[C@H](CN(OC)[C@@H]2O[C@H](CO)[C@H](O)[C@H](O)[C@H]2O)[C@@H](O)[C@H](O)[C@H]1O. The lowest BCUT2D eigenvalue weighted by atomic mass is 9.96. The van der Waals surface area contributed by atoms with Crippen LogP contribution in [0.25, 0.3) is 0 Å². The Morgan fingerprint density at radius 1 is 0.769 bits per heavy atom. The zero-order valence-corrected chi connectivity index (χ0v) is 14.4. The molecule has 154 valence electrons. The maximum Gasteiger partial charge on any atom is 0.186 e. The number of hydrogen-bond donors (Lipinski definition) is 7. The van der Waals surface area contributed by atoms with E-state index in [1.165, 1.54) is 14.2 Å². The molecule has 10 atom stereocenters. The zero-order valence-electron chi connectivity index (χ0n) is 14.4. The summed E-state index contributed by atoms with van der Waals surface area (Å²) < 4.78 is 15.7. The molecule has 12 heteroatoms. The Balaban J connectivity index is 2.12. The largest absolute Gasteiger partial charge is 0.394 e. The Kier molecular flexibility index (Phi) is 7.67. The topological polar surface area (TPSA) is 182 Å². The number of rotatable bonds is 6. The molecule has 0 saturated carbocycles. The van der Waals surface area contributed by atoms with Gasteiger partial charge in [0, 0.05) is 7.11 Å². The summed E-state index contributed by atoms with van der Waals surface area (Å²) in [7, 11) is 2.48. The second-order valence-electron chi connectivity index (χ2n) is 6.25. The summed E-state index contributed by atoms with van der Waals surface area (Å²) in [6, 6.07) is 0. The second kappa shape index (κ2) is 9.14. The number of aliphatic hydroxyl groups excluding tert-OH is 7. The lowest BCUT2D eigenvalue weighted by molar-refractivity contribution is -0.348. The van der Waals surface area contributed by atoms with Gasteiger partial charge in [0.2, 0.25) is 0 Å². The minimum absolute atomic E-state index is 0.260. The van der Waals surface area contributed by atoms with Gasteiger partial charge in [-0.25, -0.2) is 0 Å². The van der Waals surface area contributed by atoms with E-state index in [4.69, 9.17) is 19.0 Å². The Bertz CT molecular complexity index is 439. The van der Waals surface area contributed by atoms with Gasteiger partial charge in [0.1, 0.15) is 48.8 Å². The van der Waals surface area contributed by atoms with Gasteiger partial charge in [0.05, 0.1) is 20.3 Å². The molecule has 0 aromatic rings. The highest BCUT2D eigenvalue weighted by molar-refractivity contribution is 4.93. The van der Waals surface area contributed by atoms with Gasteiger partial charge in [-0.1, -0.05) is 0 Å². The predicted octanol–water partition coefficient (Wildman–Crippen LogP) is -4.90. The molecule has 0 bridgehead atoms. The molecule has 2 aliphatic rings. The summed E-state index contributed by atoms with van der Waals surface area (Å²) in [4.78, 5) is 5.12. The Hall–Kier alpha value is -0.480. The van der Waals surface area contributed by atoms with Gasteiger partial charge >= 0.3 is 0 Å². The zero-order chi connectivity index (χ0) is 19.6. The van der Waals surface area contributed by atoms with Crippen molar-refractivity contribution in [3.05, 3.63) is 0 Å². The van der Waals surface area contributed by atoms with E-state index in [2.05, 4.69) is 0 Å². The summed E-state index contributed by atoms with van der Waals surface area (Å²) >= 11 is 0. The summed E-state index contributed by atoms with van der Waals surface area (Å²) in [5.74, 6) is 0. The first kappa shape index (κ1) is 21.8. The number of hydroxylamine groups is 2. The average molecular weight is 385 g/mol. The van der Waals surface area contributed by atoms with Crippen LogP contribution < -0.4 is 0 Å². The maximum atomic E-state index is 10.2. The molecule has 0 aromatic carbocycles. The third-order valence-electron chi connectivity index (χ3n) is 4.65. The van der Waals surface area contributed by atoms with E-state index in [0.717, 1.165) is 5.06 Å². The number of nitrogens with zero attached hydrogens (tertiary/aromatic N) is 1. The molecule has 2 fully saturated rings. The summed E-state index contributed by atoms with van der Waals surface area (Å²) in [6.07, 6.45) is -14.0. The van der Waals surface area contributed by atoms with Crippen LogP contribution in [-0.4, -0.2) is 130 Å². The van der Waals surface area contributed by atoms with Crippen molar-refractivity contribution in [2.75, 3.05) is 27.4 Å². The molecule has 0 spiro atoms. The normalized spacial score (nSPS) is 47.3. The third kappa shape index (κ3) is 4.16. The van der Waals surface area contributed by atoms with E-state index in [0.29, 0.717) is 0 Å². The van der Waals surface area contributed by atoms with Crippen LogP contribution in [0.2, 0.25) is 0 Å². The van der Waals surface area contributed by atoms with Crippen LogP contribution >= 0.6 is 0 Å². The van der Waals surface area contributed by atoms with Gasteiger partial charge in [0.15, 0.2) is 12.5 Å². The van der Waals surface area contributed by atoms with Gasteiger partial charge in [-0.3, -0.25) is 4.84 Å². The van der Waals surface area contributed by atoms with E-state index in [9.17, 15) is 35.7 Å². The number of aliphatic hydroxyl groups is 7. The highest BCUT2D eigenvalue weighted by atomic mass is 16.7. The molecular weight excluding hydrogens is 358 g/mol. The van der Waals surface area contributed by atoms with Crippen molar-refractivity contribution in [1.29, 1.82) is 0 Å². The molecule has 7 N–H and O–H groups in total. The van der Waals surface area contributed by atoms with Gasteiger partial charge in [-0.15, -0.1) is 0 Å². The molecule has 0 aliphatic carbocycles. The molecule has 2 heterocycles. The van der Waals surface area contributed by atoms with E-state index in [1.807, 2.05) is 0 Å². The van der Waals surface area contributed by atoms with Gasteiger partial charge in [-0.2, -0.15) is 5.06 Å². The van der Waals surface area contributed by atoms with Crippen molar-refractivity contribution in [2.24, 2.45) is 0 Å². The summed E-state index contributed by atoms with van der Waals surface area (Å²) in [6.45, 7) is -0.873. The highest BCUT2D eigenvalue weighted by Gasteiger charge is 2.49. The Morgan fingerprint density at radius 3 is 1.88 bits per heavy atom. The molecule has 2 rings (SSSR count). The van der Waals surface area contributed by atoms with Crippen LogP contribution in [0.3, 0.4) is 0 Å². The lowest BCUT2D eigenvalue weighted by Crippen LogP contribution is -2.65. The fourth-order valence-corrected chi connectivity index (χ4v) is 3.04. The molecule has 0 unspecified atom stereocenters. The van der Waals surface area contributed by atoms with Crippen molar-refractivity contribution in [1.82, 2.24) is 5.06 Å². The van der Waals surface area contributed by atoms with Crippen molar-refractivity contribution < 1.29 is 54.8 Å². The van der Waals surface area contributed by atoms with E-state index in [-0.39, 0.29) is 6.54 Å². The van der Waals surface area contributed by atoms with Crippen molar-refractivity contribution in [3.8, 4) is 0 Å². The van der Waals surface area contributed by atoms with Gasteiger partial charge < -0.3 is 50.0 Å². The smallest absolute Gasteiger partial charge is 0.186 e. The number of hydrogen-bond acceptors (Lipinski definition) is 12. The minimum Gasteiger partial charge on any atom is -0.394 e. The monoisotopic (exact) mass is 385 g/mol. The van der Waals surface area contributed by atoms with Crippen LogP contribution in [0.5, 0.6) is 0 Å². The van der Waals surface area contributed by atoms with Crippen molar-refractivity contribution >= 4 is 0 Å². The Labute approximate surface area is 149 Å². The van der Waals surface area contributed by atoms with E-state index >= 15 is 0 Å². The molecule has 12 nitrogen and oxygen atoms in total. The van der Waals surface area contributed by atoms with Gasteiger partial charge in [-0.05, 0) is 0 Å². The standard InChI is InChI=1S/C14H27NO11/c1-23-14-12(22)10(20)7(17)5(26-14)3-15(24-2)13-11(21)9(19)8(18)6(4-16)25-13/h5-14,16-22H,3-4H2,1-2H3/t5-,6-,7-,8+,9+,10+,11-,12-,13-,14+/m1/s1. The molecule has 0 aromatic heterocycles. The number of methoxy groups -OCH3 is 1. The molecular formula is C14H27NO11. The molecule has 2 aliphatic heterocycles. The van der Waals surface area contributed by atoms with Crippen LogP contribution in [0.4, 0.5) is 0 Å². The maximum absolute atomic E-state index is 10.2. The first-order chi connectivity index (χ1) is 12.3. The summed E-state index contributed by atoms with van der Waals surface area (Å²) in [5.41, 5.74) is 0.